The van der Waals surface area contributed by atoms with Gasteiger partial charge in [-0.3, -0.25) is 4.79 Å². The molecule has 0 fully saturated rings. The standard InChI is InChI=1S/C15H22O4/c1-14(2,3)10-6-9(12(17)11(16)7-10)8-15(4,5)13(18)19/h6-7,16-17H,8H2,1-5H3,(H,18,19). The Morgan fingerprint density at radius 1 is 1.11 bits per heavy atom. The molecule has 0 aliphatic carbocycles. The topological polar surface area (TPSA) is 77.8 Å². The van der Waals surface area contributed by atoms with Crippen LogP contribution < -0.4 is 0 Å². The number of hydrogen-bond acceptors (Lipinski definition) is 3. The van der Waals surface area contributed by atoms with Crippen LogP contribution in [0.25, 0.3) is 0 Å². The highest BCUT2D eigenvalue weighted by Crippen LogP contribution is 2.38. The van der Waals surface area contributed by atoms with Crippen molar-refractivity contribution in [2.75, 3.05) is 0 Å². The molecule has 0 radical (unpaired) electrons. The van der Waals surface area contributed by atoms with Crippen LogP contribution in [-0.2, 0) is 16.6 Å². The molecule has 3 N–H and O–H groups in total. The highest BCUT2D eigenvalue weighted by molar-refractivity contribution is 5.74. The third kappa shape index (κ3) is 3.40. The summed E-state index contributed by atoms with van der Waals surface area (Å²) in [5.41, 5.74) is 0.129. The smallest absolute Gasteiger partial charge is 0.309 e. The van der Waals surface area contributed by atoms with Crippen molar-refractivity contribution in [3.63, 3.8) is 0 Å². The zero-order valence-electron chi connectivity index (χ0n) is 12.1. The average Bonchev–Trinajstić information content (AvgIpc) is 2.22. The molecule has 1 aromatic carbocycles. The Bertz CT molecular complexity index is 496. The van der Waals surface area contributed by atoms with Crippen molar-refractivity contribution in [1.29, 1.82) is 0 Å². The number of hydrogen-bond donors (Lipinski definition) is 3. The van der Waals surface area contributed by atoms with Crippen molar-refractivity contribution in [3.8, 4) is 11.5 Å². The molecule has 4 nitrogen and oxygen atoms in total. The van der Waals surface area contributed by atoms with Crippen LogP contribution in [0, 0.1) is 5.41 Å². The van der Waals surface area contributed by atoms with Gasteiger partial charge in [0, 0.05) is 0 Å². The van der Waals surface area contributed by atoms with Gasteiger partial charge in [-0.1, -0.05) is 26.8 Å². The normalized spacial score (nSPS) is 12.5. The summed E-state index contributed by atoms with van der Waals surface area (Å²) in [4.78, 5) is 11.2. The Labute approximate surface area is 113 Å². The fourth-order valence-electron chi connectivity index (χ4n) is 1.80. The highest BCUT2D eigenvalue weighted by Gasteiger charge is 2.30. The lowest BCUT2D eigenvalue weighted by Crippen LogP contribution is -2.26. The van der Waals surface area contributed by atoms with E-state index in [4.69, 9.17) is 5.11 Å². The van der Waals surface area contributed by atoms with Crippen LogP contribution in [0.3, 0.4) is 0 Å². The third-order valence-corrected chi connectivity index (χ3v) is 3.25. The quantitative estimate of drug-likeness (QED) is 0.735. The number of carboxylic acids is 1. The molecule has 0 heterocycles. The van der Waals surface area contributed by atoms with Gasteiger partial charge in [0.25, 0.3) is 0 Å². The van der Waals surface area contributed by atoms with Gasteiger partial charge in [-0.05, 0) is 42.9 Å². The molecule has 0 amide bonds. The molecule has 0 aliphatic rings. The maximum absolute atomic E-state index is 11.2. The maximum Gasteiger partial charge on any atom is 0.309 e. The number of rotatable bonds is 3. The van der Waals surface area contributed by atoms with E-state index in [9.17, 15) is 15.0 Å². The number of aromatic hydroxyl groups is 2. The zero-order chi connectivity index (χ0) is 15.0. The lowest BCUT2D eigenvalue weighted by atomic mass is 9.81. The summed E-state index contributed by atoms with van der Waals surface area (Å²) >= 11 is 0. The minimum absolute atomic E-state index is 0.158. The first-order valence-electron chi connectivity index (χ1n) is 6.24. The second-order valence-electron chi connectivity index (χ2n) is 6.62. The second kappa shape index (κ2) is 4.76. The molecule has 106 valence electrons. The molecular weight excluding hydrogens is 244 g/mol. The molecule has 0 bridgehead atoms. The molecule has 1 aromatic rings. The number of benzene rings is 1. The predicted molar refractivity (Wildman–Crippen MR) is 73.6 cm³/mol. The summed E-state index contributed by atoms with van der Waals surface area (Å²) in [7, 11) is 0. The Morgan fingerprint density at radius 3 is 2.05 bits per heavy atom. The molecule has 0 saturated carbocycles. The van der Waals surface area contributed by atoms with E-state index >= 15 is 0 Å². The van der Waals surface area contributed by atoms with Crippen LogP contribution >= 0.6 is 0 Å². The van der Waals surface area contributed by atoms with Crippen molar-refractivity contribution < 1.29 is 20.1 Å². The molecular formula is C15H22O4. The minimum Gasteiger partial charge on any atom is -0.504 e. The van der Waals surface area contributed by atoms with E-state index in [1.165, 1.54) is 6.07 Å². The van der Waals surface area contributed by atoms with Crippen molar-refractivity contribution in [1.82, 2.24) is 0 Å². The Balaban J connectivity index is 3.28. The lowest BCUT2D eigenvalue weighted by Gasteiger charge is -2.24. The number of aliphatic carboxylic acids is 1. The first-order chi connectivity index (χ1) is 8.45. The summed E-state index contributed by atoms with van der Waals surface area (Å²) in [5, 5.41) is 28.8. The predicted octanol–water partition coefficient (Wildman–Crippen LogP) is 3.05. The van der Waals surface area contributed by atoms with Crippen molar-refractivity contribution in [2.45, 2.75) is 46.5 Å². The SMILES string of the molecule is CC(C)(Cc1cc(C(C)(C)C)cc(O)c1O)C(=O)O. The van der Waals surface area contributed by atoms with Crippen molar-refractivity contribution in [2.24, 2.45) is 5.41 Å². The number of phenolic OH excluding ortho intramolecular Hbond substituents is 2. The molecule has 19 heavy (non-hydrogen) atoms. The molecule has 4 heteroatoms. The molecule has 0 spiro atoms. The minimum atomic E-state index is -1.000. The maximum atomic E-state index is 11.2. The van der Waals surface area contributed by atoms with Crippen LogP contribution in [0.15, 0.2) is 12.1 Å². The molecule has 0 atom stereocenters. The van der Waals surface area contributed by atoms with E-state index < -0.39 is 11.4 Å². The Kier molecular flexibility index (Phi) is 3.84. The largest absolute Gasteiger partial charge is 0.504 e. The van der Waals surface area contributed by atoms with Crippen LogP contribution in [-0.4, -0.2) is 21.3 Å². The first kappa shape index (κ1) is 15.3. The van der Waals surface area contributed by atoms with E-state index in [-0.39, 0.29) is 23.3 Å². The monoisotopic (exact) mass is 266 g/mol. The van der Waals surface area contributed by atoms with Gasteiger partial charge in [-0.2, -0.15) is 0 Å². The summed E-state index contributed by atoms with van der Waals surface area (Å²) < 4.78 is 0. The Morgan fingerprint density at radius 2 is 1.63 bits per heavy atom. The van der Waals surface area contributed by atoms with E-state index in [0.717, 1.165) is 5.56 Å². The second-order valence-corrected chi connectivity index (χ2v) is 6.62. The molecule has 0 saturated heterocycles. The third-order valence-electron chi connectivity index (χ3n) is 3.25. The Hall–Kier alpha value is -1.71. The summed E-state index contributed by atoms with van der Waals surface area (Å²) in [6.07, 6.45) is 0.158. The van der Waals surface area contributed by atoms with E-state index in [0.29, 0.717) is 5.56 Å². The molecule has 1 rings (SSSR count). The van der Waals surface area contributed by atoms with Crippen molar-refractivity contribution >= 4 is 5.97 Å². The number of phenols is 2. The van der Waals surface area contributed by atoms with Crippen LogP contribution in [0.4, 0.5) is 0 Å². The number of carboxylic acid groups (broad SMARTS) is 1. The van der Waals surface area contributed by atoms with Gasteiger partial charge in [-0.25, -0.2) is 0 Å². The van der Waals surface area contributed by atoms with E-state index in [2.05, 4.69) is 0 Å². The number of carbonyl (C=O) groups is 1. The van der Waals surface area contributed by atoms with E-state index in [1.54, 1.807) is 19.9 Å². The highest BCUT2D eigenvalue weighted by atomic mass is 16.4. The van der Waals surface area contributed by atoms with Gasteiger partial charge < -0.3 is 15.3 Å². The van der Waals surface area contributed by atoms with E-state index in [1.807, 2.05) is 20.8 Å². The van der Waals surface area contributed by atoms with Crippen LogP contribution in [0.2, 0.25) is 0 Å². The van der Waals surface area contributed by atoms with Gasteiger partial charge in [0.05, 0.1) is 5.41 Å². The van der Waals surface area contributed by atoms with Crippen LogP contribution in [0.1, 0.15) is 45.7 Å². The van der Waals surface area contributed by atoms with Gasteiger partial charge in [0.15, 0.2) is 11.5 Å². The fourth-order valence-corrected chi connectivity index (χ4v) is 1.80. The fraction of sp³-hybridized carbons (Fsp3) is 0.533. The van der Waals surface area contributed by atoms with Crippen LogP contribution in [0.5, 0.6) is 11.5 Å². The summed E-state index contributed by atoms with van der Waals surface area (Å²) in [5.74, 6) is -1.38. The summed E-state index contributed by atoms with van der Waals surface area (Å²) in [6.45, 7) is 9.16. The molecule has 0 aromatic heterocycles. The molecule has 0 aliphatic heterocycles. The van der Waals surface area contributed by atoms with Gasteiger partial charge >= 0.3 is 5.97 Å². The lowest BCUT2D eigenvalue weighted by molar-refractivity contribution is -0.146. The first-order valence-corrected chi connectivity index (χ1v) is 6.24. The summed E-state index contributed by atoms with van der Waals surface area (Å²) in [6, 6.07) is 3.28. The van der Waals surface area contributed by atoms with Gasteiger partial charge in [0.2, 0.25) is 0 Å². The van der Waals surface area contributed by atoms with Gasteiger partial charge in [0.1, 0.15) is 0 Å². The average molecular weight is 266 g/mol. The molecule has 0 unspecified atom stereocenters. The van der Waals surface area contributed by atoms with Crippen molar-refractivity contribution in [3.05, 3.63) is 23.3 Å². The van der Waals surface area contributed by atoms with Gasteiger partial charge in [-0.15, -0.1) is 0 Å². The zero-order valence-corrected chi connectivity index (χ0v) is 12.1.